The van der Waals surface area contributed by atoms with Crippen molar-refractivity contribution in [1.29, 1.82) is 0 Å². The molecule has 2 heterocycles. The summed E-state index contributed by atoms with van der Waals surface area (Å²) in [4.78, 5) is 15.9. The van der Waals surface area contributed by atoms with Crippen LogP contribution in [0.5, 0.6) is 0 Å². The second kappa shape index (κ2) is 6.62. The molecule has 2 aromatic heterocycles. The Hall–Kier alpha value is -2.67. The summed E-state index contributed by atoms with van der Waals surface area (Å²) in [7, 11) is 0. The smallest absolute Gasteiger partial charge is 0.328 e. The fraction of sp³-hybridized carbons (Fsp3) is 0.188. The van der Waals surface area contributed by atoms with Crippen molar-refractivity contribution >= 4 is 33.5 Å². The number of anilines is 1. The summed E-state index contributed by atoms with van der Waals surface area (Å²) in [6.07, 6.45) is 5.63. The number of fused-ring (bicyclic) bond motifs is 1. The fourth-order valence-corrected chi connectivity index (χ4v) is 2.88. The highest BCUT2D eigenvalue weighted by Crippen LogP contribution is 2.24. The number of hydrogen-bond donors (Lipinski definition) is 2. The maximum Gasteiger partial charge on any atom is 0.328 e. The van der Waals surface area contributed by atoms with Crippen molar-refractivity contribution in [2.45, 2.75) is 13.3 Å². The number of benzene rings is 1. The van der Waals surface area contributed by atoms with Crippen LogP contribution >= 0.6 is 11.3 Å². The molecule has 0 atom stereocenters. The number of aliphatic carboxylic acids is 1. The van der Waals surface area contributed by atoms with Crippen molar-refractivity contribution in [1.82, 2.24) is 14.6 Å². The second-order valence-corrected chi connectivity index (χ2v) is 5.94. The lowest BCUT2D eigenvalue weighted by atomic mass is 10.1. The summed E-state index contributed by atoms with van der Waals surface area (Å²) < 4.78 is 1.77. The van der Waals surface area contributed by atoms with E-state index in [1.54, 1.807) is 10.6 Å². The third-order valence-corrected chi connectivity index (χ3v) is 4.07. The number of imidazole rings is 1. The monoisotopic (exact) mass is 328 g/mol. The van der Waals surface area contributed by atoms with E-state index in [9.17, 15) is 4.79 Å². The lowest BCUT2D eigenvalue weighted by Crippen LogP contribution is -1.99. The van der Waals surface area contributed by atoms with Gasteiger partial charge >= 0.3 is 5.97 Å². The first-order valence-corrected chi connectivity index (χ1v) is 8.09. The maximum absolute atomic E-state index is 10.5. The summed E-state index contributed by atoms with van der Waals surface area (Å²) in [6.45, 7) is 3.01. The Morgan fingerprint density at radius 1 is 1.39 bits per heavy atom. The molecule has 0 amide bonds. The highest BCUT2D eigenvalue weighted by Gasteiger charge is 2.09. The van der Waals surface area contributed by atoms with Gasteiger partial charge in [-0.3, -0.25) is 0 Å². The van der Waals surface area contributed by atoms with Crippen molar-refractivity contribution in [3.63, 3.8) is 0 Å². The Labute approximate surface area is 137 Å². The fourth-order valence-electron chi connectivity index (χ4n) is 2.08. The van der Waals surface area contributed by atoms with Gasteiger partial charge in [0.2, 0.25) is 10.1 Å². The molecule has 118 valence electrons. The third kappa shape index (κ3) is 3.57. The van der Waals surface area contributed by atoms with E-state index in [4.69, 9.17) is 5.11 Å². The van der Waals surface area contributed by atoms with Crippen LogP contribution < -0.4 is 5.32 Å². The highest BCUT2D eigenvalue weighted by molar-refractivity contribution is 7.20. The Bertz CT molecular complexity index is 817. The van der Waals surface area contributed by atoms with Gasteiger partial charge in [0.25, 0.3) is 0 Å². The Kier molecular flexibility index (Phi) is 4.38. The van der Waals surface area contributed by atoms with Crippen LogP contribution in [0.25, 0.3) is 22.3 Å². The zero-order valence-corrected chi connectivity index (χ0v) is 13.4. The van der Waals surface area contributed by atoms with E-state index in [2.05, 4.69) is 22.3 Å². The topological polar surface area (TPSA) is 79.5 Å². The molecule has 6 nitrogen and oxygen atoms in total. The minimum Gasteiger partial charge on any atom is -0.478 e. The number of rotatable bonds is 6. The van der Waals surface area contributed by atoms with Crippen molar-refractivity contribution in [3.05, 3.63) is 42.1 Å². The Morgan fingerprint density at radius 2 is 2.17 bits per heavy atom. The third-order valence-electron chi connectivity index (χ3n) is 3.19. The van der Waals surface area contributed by atoms with Gasteiger partial charge in [0, 0.05) is 18.2 Å². The molecule has 0 spiro atoms. The van der Waals surface area contributed by atoms with Gasteiger partial charge in [-0.05, 0) is 18.1 Å². The zero-order valence-electron chi connectivity index (χ0n) is 12.6. The quantitative estimate of drug-likeness (QED) is 0.678. The molecular formula is C16H16N4O2S. The molecule has 0 bridgehead atoms. The number of nitrogens with one attached hydrogen (secondary N) is 1. The number of nitrogens with zero attached hydrogens (tertiary/aromatic N) is 3. The number of aromatic nitrogens is 3. The minimum absolute atomic E-state index is 0.835. The standard InChI is InChI=1S/C16H16N4O2S/c1-2-9-17-15-19-20-10-13(18-16(20)23-15)12-6-3-11(4-7-12)5-8-14(21)22/h3-8,10H,2,9H2,1H3,(H,17,19)(H,21,22)/b8-5+. The highest BCUT2D eigenvalue weighted by atomic mass is 32.1. The molecule has 0 saturated carbocycles. The first-order valence-electron chi connectivity index (χ1n) is 7.27. The van der Waals surface area contributed by atoms with E-state index >= 15 is 0 Å². The second-order valence-electron chi connectivity index (χ2n) is 4.98. The average Bonchev–Trinajstić information content (AvgIpc) is 3.09. The van der Waals surface area contributed by atoms with E-state index in [-0.39, 0.29) is 0 Å². The van der Waals surface area contributed by atoms with Crippen LogP contribution in [-0.2, 0) is 4.79 Å². The molecule has 0 aliphatic heterocycles. The molecule has 0 radical (unpaired) electrons. The van der Waals surface area contributed by atoms with Gasteiger partial charge in [0.1, 0.15) is 0 Å². The first kappa shape index (κ1) is 15.2. The number of carboxylic acids is 1. The first-order chi connectivity index (χ1) is 11.2. The molecule has 2 N–H and O–H groups in total. The molecular weight excluding hydrogens is 312 g/mol. The summed E-state index contributed by atoms with van der Waals surface area (Å²) in [5.74, 6) is -0.957. The van der Waals surface area contributed by atoms with Gasteiger partial charge in [-0.1, -0.05) is 42.5 Å². The van der Waals surface area contributed by atoms with Crippen LogP contribution in [0.2, 0.25) is 0 Å². The van der Waals surface area contributed by atoms with Crippen LogP contribution in [0, 0.1) is 0 Å². The number of carboxylic acid groups (broad SMARTS) is 1. The average molecular weight is 328 g/mol. The summed E-state index contributed by atoms with van der Waals surface area (Å²) in [5, 5.41) is 17.2. The van der Waals surface area contributed by atoms with E-state index < -0.39 is 5.97 Å². The molecule has 0 saturated heterocycles. The van der Waals surface area contributed by atoms with Crippen molar-refractivity contribution in [2.75, 3.05) is 11.9 Å². The lowest BCUT2D eigenvalue weighted by molar-refractivity contribution is -0.131. The molecule has 0 fully saturated rings. The largest absolute Gasteiger partial charge is 0.478 e. The van der Waals surface area contributed by atoms with E-state index in [0.29, 0.717) is 0 Å². The molecule has 0 unspecified atom stereocenters. The number of carbonyl (C=O) groups is 1. The minimum atomic E-state index is -0.957. The zero-order chi connectivity index (χ0) is 16.2. The van der Waals surface area contributed by atoms with Crippen LogP contribution in [0.4, 0.5) is 5.13 Å². The van der Waals surface area contributed by atoms with Crippen molar-refractivity contribution in [2.24, 2.45) is 0 Å². The van der Waals surface area contributed by atoms with E-state index in [0.717, 1.165) is 46.0 Å². The van der Waals surface area contributed by atoms with Gasteiger partial charge in [0.15, 0.2) is 0 Å². The summed E-state index contributed by atoms with van der Waals surface area (Å²) in [5.41, 5.74) is 2.65. The number of hydrogen-bond acceptors (Lipinski definition) is 5. The lowest BCUT2D eigenvalue weighted by Gasteiger charge is -1.98. The molecule has 23 heavy (non-hydrogen) atoms. The normalized spacial score (nSPS) is 11.3. The molecule has 0 aliphatic carbocycles. The predicted octanol–water partition coefficient (Wildman–Crippen LogP) is 3.38. The van der Waals surface area contributed by atoms with Crippen LogP contribution in [0.3, 0.4) is 0 Å². The molecule has 7 heteroatoms. The Morgan fingerprint density at radius 3 is 2.83 bits per heavy atom. The van der Waals surface area contributed by atoms with Gasteiger partial charge in [-0.2, -0.15) is 0 Å². The van der Waals surface area contributed by atoms with Crippen LogP contribution in [0.1, 0.15) is 18.9 Å². The van der Waals surface area contributed by atoms with Gasteiger partial charge in [-0.15, -0.1) is 5.10 Å². The van der Waals surface area contributed by atoms with Gasteiger partial charge in [-0.25, -0.2) is 14.3 Å². The van der Waals surface area contributed by atoms with Crippen LogP contribution in [-0.4, -0.2) is 32.2 Å². The molecule has 3 rings (SSSR count). The molecule has 3 aromatic rings. The molecule has 1 aromatic carbocycles. The maximum atomic E-state index is 10.5. The van der Waals surface area contributed by atoms with E-state index in [1.807, 2.05) is 30.5 Å². The van der Waals surface area contributed by atoms with Gasteiger partial charge in [0.05, 0.1) is 11.9 Å². The molecule has 0 aliphatic rings. The van der Waals surface area contributed by atoms with Crippen molar-refractivity contribution in [3.8, 4) is 11.3 Å². The summed E-state index contributed by atoms with van der Waals surface area (Å²) in [6, 6.07) is 7.57. The van der Waals surface area contributed by atoms with Gasteiger partial charge < -0.3 is 10.4 Å². The van der Waals surface area contributed by atoms with E-state index in [1.165, 1.54) is 11.3 Å². The summed E-state index contributed by atoms with van der Waals surface area (Å²) >= 11 is 1.52. The predicted molar refractivity (Wildman–Crippen MR) is 91.8 cm³/mol. The van der Waals surface area contributed by atoms with Crippen LogP contribution in [0.15, 0.2) is 36.5 Å². The van der Waals surface area contributed by atoms with Crippen molar-refractivity contribution < 1.29 is 9.90 Å². The SMILES string of the molecule is CCCNc1nn2cc(-c3ccc(/C=C/C(=O)O)cc3)nc2s1. The Balaban J connectivity index is 1.79.